The number of aromatic nitrogens is 1. The average Bonchev–Trinajstić information content (AvgIpc) is 3.39. The minimum absolute atomic E-state index is 0.297. The smallest absolute Gasteiger partial charge is 0.337 e. The lowest BCUT2D eigenvalue weighted by Crippen LogP contribution is -2.14. The van der Waals surface area contributed by atoms with Crippen molar-refractivity contribution in [1.29, 1.82) is 0 Å². The van der Waals surface area contributed by atoms with Crippen LogP contribution in [0.25, 0.3) is 0 Å². The molecule has 0 aliphatic heterocycles. The number of anilines is 2. The van der Waals surface area contributed by atoms with Crippen LogP contribution in [-0.4, -0.2) is 30.0 Å². The van der Waals surface area contributed by atoms with Crippen LogP contribution in [0, 0.1) is 0 Å². The van der Waals surface area contributed by atoms with Crippen LogP contribution >= 0.6 is 0 Å². The molecule has 1 fully saturated rings. The number of nitrogens with zero attached hydrogens (tertiary/aromatic N) is 1. The van der Waals surface area contributed by atoms with Gasteiger partial charge in [0, 0.05) is 11.7 Å². The highest BCUT2D eigenvalue weighted by Crippen LogP contribution is 2.24. The van der Waals surface area contributed by atoms with E-state index >= 15 is 0 Å². The Hall–Kier alpha value is -2.89. The molecule has 2 aromatic rings. The molecule has 0 bridgehead atoms. The lowest BCUT2D eigenvalue weighted by atomic mass is 10.2. The molecular weight excluding hydrogens is 294 g/mol. The lowest BCUT2D eigenvalue weighted by molar-refractivity contribution is 0.0600. The number of rotatable bonds is 5. The Kier molecular flexibility index (Phi) is 4.23. The Morgan fingerprint density at radius 1 is 1.09 bits per heavy atom. The topological polar surface area (TPSA) is 80.3 Å². The molecule has 0 radical (unpaired) electrons. The average molecular weight is 311 g/mol. The third-order valence-electron chi connectivity index (χ3n) is 3.51. The molecule has 0 unspecified atom stereocenters. The Morgan fingerprint density at radius 3 is 2.35 bits per heavy atom. The Bertz CT molecular complexity index is 707. The van der Waals surface area contributed by atoms with Crippen LogP contribution in [0.3, 0.4) is 0 Å². The predicted molar refractivity (Wildman–Crippen MR) is 86.6 cm³/mol. The Balaban J connectivity index is 1.62. The second-order valence-electron chi connectivity index (χ2n) is 5.37. The summed E-state index contributed by atoms with van der Waals surface area (Å²) in [5.74, 6) is -0.711. The Morgan fingerprint density at radius 2 is 1.78 bits per heavy atom. The summed E-state index contributed by atoms with van der Waals surface area (Å²) in [5.41, 5.74) is 2.28. The number of pyridine rings is 1. The van der Waals surface area contributed by atoms with Crippen LogP contribution in [0.4, 0.5) is 11.4 Å². The van der Waals surface area contributed by atoms with Gasteiger partial charge in [-0.05, 0) is 49.2 Å². The predicted octanol–water partition coefficient (Wildman–Crippen LogP) is 2.69. The number of nitrogens with one attached hydrogen (secondary N) is 2. The van der Waals surface area contributed by atoms with Crippen LogP contribution < -0.4 is 10.6 Å². The molecule has 6 nitrogen and oxygen atoms in total. The first-order valence-electron chi connectivity index (χ1n) is 7.38. The maximum Gasteiger partial charge on any atom is 0.337 e. The molecule has 1 heterocycles. The fraction of sp³-hybridized carbons (Fsp3) is 0.235. The zero-order valence-corrected chi connectivity index (χ0v) is 12.7. The van der Waals surface area contributed by atoms with E-state index in [0.29, 0.717) is 23.0 Å². The molecule has 1 aliphatic rings. The molecule has 23 heavy (non-hydrogen) atoms. The van der Waals surface area contributed by atoms with E-state index < -0.39 is 5.97 Å². The van der Waals surface area contributed by atoms with Crippen molar-refractivity contribution in [3.8, 4) is 0 Å². The first-order chi connectivity index (χ1) is 11.2. The minimum Gasteiger partial charge on any atom is -0.465 e. The zero-order chi connectivity index (χ0) is 16.2. The molecular formula is C17H17N3O3. The van der Waals surface area contributed by atoms with Crippen LogP contribution in [0.15, 0.2) is 42.6 Å². The standard InChI is InChI=1S/C17H17N3O3/c1-23-17(22)11-2-4-13(5-3-11)20-16(21)15-9-8-14(10-18-15)19-12-6-7-12/h2-5,8-10,12,19H,6-7H2,1H3,(H,20,21). The second kappa shape index (κ2) is 6.48. The summed E-state index contributed by atoms with van der Waals surface area (Å²) in [6, 6.07) is 10.6. The van der Waals surface area contributed by atoms with E-state index in [1.54, 1.807) is 36.5 Å². The van der Waals surface area contributed by atoms with Crippen molar-refractivity contribution in [3.63, 3.8) is 0 Å². The number of hydrogen-bond donors (Lipinski definition) is 2. The van der Waals surface area contributed by atoms with Gasteiger partial charge < -0.3 is 15.4 Å². The normalized spacial score (nSPS) is 13.3. The van der Waals surface area contributed by atoms with E-state index in [1.165, 1.54) is 20.0 Å². The highest BCUT2D eigenvalue weighted by atomic mass is 16.5. The van der Waals surface area contributed by atoms with E-state index in [-0.39, 0.29) is 5.91 Å². The molecule has 1 aliphatic carbocycles. The quantitative estimate of drug-likeness (QED) is 0.830. The van der Waals surface area contributed by atoms with Crippen LogP contribution in [-0.2, 0) is 4.74 Å². The molecule has 1 aromatic carbocycles. The van der Waals surface area contributed by atoms with Crippen LogP contribution in [0.1, 0.15) is 33.7 Å². The van der Waals surface area contributed by atoms with Gasteiger partial charge in [0.1, 0.15) is 5.69 Å². The maximum atomic E-state index is 12.1. The van der Waals surface area contributed by atoms with Crippen molar-refractivity contribution < 1.29 is 14.3 Å². The number of esters is 1. The summed E-state index contributed by atoms with van der Waals surface area (Å²) in [7, 11) is 1.32. The van der Waals surface area contributed by atoms with Crippen molar-refractivity contribution in [2.24, 2.45) is 0 Å². The van der Waals surface area contributed by atoms with Crippen molar-refractivity contribution in [2.75, 3.05) is 17.7 Å². The zero-order valence-electron chi connectivity index (χ0n) is 12.7. The summed E-state index contributed by atoms with van der Waals surface area (Å²) in [4.78, 5) is 27.7. The maximum absolute atomic E-state index is 12.1. The van der Waals surface area contributed by atoms with Gasteiger partial charge >= 0.3 is 5.97 Å². The number of methoxy groups -OCH3 is 1. The molecule has 1 saturated carbocycles. The largest absolute Gasteiger partial charge is 0.465 e. The lowest BCUT2D eigenvalue weighted by Gasteiger charge is -2.07. The van der Waals surface area contributed by atoms with Crippen molar-refractivity contribution in [2.45, 2.75) is 18.9 Å². The van der Waals surface area contributed by atoms with E-state index in [4.69, 9.17) is 0 Å². The van der Waals surface area contributed by atoms with E-state index in [0.717, 1.165) is 5.69 Å². The van der Waals surface area contributed by atoms with Gasteiger partial charge in [0.25, 0.3) is 5.91 Å². The van der Waals surface area contributed by atoms with Gasteiger partial charge in [-0.3, -0.25) is 4.79 Å². The molecule has 6 heteroatoms. The molecule has 118 valence electrons. The molecule has 3 rings (SSSR count). The molecule has 2 N–H and O–H groups in total. The summed E-state index contributed by atoms with van der Waals surface area (Å²) < 4.78 is 4.63. The van der Waals surface area contributed by atoms with Gasteiger partial charge in [0.05, 0.1) is 24.6 Å². The molecule has 0 saturated heterocycles. The summed E-state index contributed by atoms with van der Waals surface area (Å²) in [5, 5.41) is 6.06. The summed E-state index contributed by atoms with van der Waals surface area (Å²) >= 11 is 0. The second-order valence-corrected chi connectivity index (χ2v) is 5.37. The van der Waals surface area contributed by atoms with E-state index in [1.807, 2.05) is 6.07 Å². The number of benzene rings is 1. The number of amides is 1. The van der Waals surface area contributed by atoms with E-state index in [2.05, 4.69) is 20.4 Å². The highest BCUT2D eigenvalue weighted by Gasteiger charge is 2.20. The van der Waals surface area contributed by atoms with Crippen LogP contribution in [0.5, 0.6) is 0 Å². The first-order valence-corrected chi connectivity index (χ1v) is 7.38. The highest BCUT2D eigenvalue weighted by molar-refractivity contribution is 6.03. The third-order valence-corrected chi connectivity index (χ3v) is 3.51. The fourth-order valence-electron chi connectivity index (χ4n) is 2.08. The molecule has 1 amide bonds. The monoisotopic (exact) mass is 311 g/mol. The van der Waals surface area contributed by atoms with Gasteiger partial charge in [0.15, 0.2) is 0 Å². The Labute approximate surface area is 133 Å². The van der Waals surface area contributed by atoms with Crippen LogP contribution in [0.2, 0.25) is 0 Å². The number of ether oxygens (including phenoxy) is 1. The van der Waals surface area contributed by atoms with Gasteiger partial charge in [0.2, 0.25) is 0 Å². The van der Waals surface area contributed by atoms with Gasteiger partial charge in [-0.1, -0.05) is 0 Å². The van der Waals surface area contributed by atoms with E-state index in [9.17, 15) is 9.59 Å². The number of hydrogen-bond acceptors (Lipinski definition) is 5. The molecule has 0 atom stereocenters. The number of carbonyl (C=O) groups is 2. The molecule has 1 aromatic heterocycles. The van der Waals surface area contributed by atoms with Gasteiger partial charge in [-0.15, -0.1) is 0 Å². The van der Waals surface area contributed by atoms with Crippen molar-refractivity contribution in [3.05, 3.63) is 53.9 Å². The third kappa shape index (κ3) is 3.85. The van der Waals surface area contributed by atoms with Crippen molar-refractivity contribution in [1.82, 2.24) is 4.98 Å². The summed E-state index contributed by atoms with van der Waals surface area (Å²) in [6.07, 6.45) is 4.03. The van der Waals surface area contributed by atoms with Gasteiger partial charge in [-0.25, -0.2) is 9.78 Å². The first kappa shape index (κ1) is 15.0. The minimum atomic E-state index is -0.414. The van der Waals surface area contributed by atoms with Gasteiger partial charge in [-0.2, -0.15) is 0 Å². The number of carbonyl (C=O) groups excluding carboxylic acids is 2. The SMILES string of the molecule is COC(=O)c1ccc(NC(=O)c2ccc(NC3CC3)cn2)cc1. The molecule has 0 spiro atoms. The fourth-order valence-corrected chi connectivity index (χ4v) is 2.08. The summed E-state index contributed by atoms with van der Waals surface area (Å²) in [6.45, 7) is 0. The van der Waals surface area contributed by atoms with Crippen molar-refractivity contribution >= 4 is 23.3 Å².